The Hall–Kier alpha value is -1.50. The van der Waals surface area contributed by atoms with Crippen LogP contribution in [0.4, 0.5) is 0 Å². The van der Waals surface area contributed by atoms with Crippen molar-refractivity contribution in [3.63, 3.8) is 0 Å². The normalized spacial score (nSPS) is 15.6. The van der Waals surface area contributed by atoms with E-state index in [9.17, 15) is 0 Å². The quantitative estimate of drug-likeness (QED) is 0.579. The molecule has 0 heterocycles. The van der Waals surface area contributed by atoms with E-state index in [1.165, 1.54) is 22.3 Å². The molecule has 2 aromatic rings. The summed E-state index contributed by atoms with van der Waals surface area (Å²) in [6.07, 6.45) is 0. The summed E-state index contributed by atoms with van der Waals surface area (Å²) in [5.41, 5.74) is 6.34. The van der Waals surface area contributed by atoms with E-state index in [0.29, 0.717) is 0 Å². The Morgan fingerprint density at radius 2 is 1.56 bits per heavy atom. The molecule has 0 bridgehead atoms. The summed E-state index contributed by atoms with van der Waals surface area (Å²) >= 11 is 0. The van der Waals surface area contributed by atoms with Crippen molar-refractivity contribution in [1.29, 1.82) is 0 Å². The molecule has 2 aromatic carbocycles. The highest BCUT2D eigenvalue weighted by Gasteiger charge is 2.34. The third-order valence-electron chi connectivity index (χ3n) is 3.61. The molecule has 2 radical (unpaired) electrons. The summed E-state index contributed by atoms with van der Waals surface area (Å²) < 4.78 is 0. The first-order valence-corrected chi connectivity index (χ1v) is 5.60. The van der Waals surface area contributed by atoms with Gasteiger partial charge in [0, 0.05) is 5.41 Å². The molecule has 0 aromatic heterocycles. The smallest absolute Gasteiger partial charge is 0.0963 e. The number of rotatable bonds is 0. The number of hydrogen-bond acceptors (Lipinski definition) is 0. The Balaban J connectivity index is 2.39. The van der Waals surface area contributed by atoms with Crippen LogP contribution in [-0.4, -0.2) is 7.85 Å². The van der Waals surface area contributed by atoms with Crippen LogP contribution in [0.5, 0.6) is 0 Å². The Labute approximate surface area is 97.7 Å². The topological polar surface area (TPSA) is 0 Å². The van der Waals surface area contributed by atoms with E-state index in [2.05, 4.69) is 50.2 Å². The molecule has 0 unspecified atom stereocenters. The molecule has 1 aliphatic carbocycles. The Morgan fingerprint density at radius 3 is 2.38 bits per heavy atom. The van der Waals surface area contributed by atoms with E-state index in [1.54, 1.807) is 0 Å². The first kappa shape index (κ1) is 9.71. The zero-order valence-corrected chi connectivity index (χ0v) is 9.62. The maximum Gasteiger partial charge on any atom is 0.113 e. The fourth-order valence-corrected chi connectivity index (χ4v) is 2.72. The minimum absolute atomic E-state index is 0.0707. The Bertz CT molecular complexity index is 567. The van der Waals surface area contributed by atoms with E-state index in [-0.39, 0.29) is 5.41 Å². The molecule has 0 aliphatic heterocycles. The predicted molar refractivity (Wildman–Crippen MR) is 69.4 cm³/mol. The molecule has 0 fully saturated rings. The monoisotopic (exact) mass is 204 g/mol. The van der Waals surface area contributed by atoms with Crippen molar-refractivity contribution in [2.24, 2.45) is 0 Å². The van der Waals surface area contributed by atoms with Crippen molar-refractivity contribution in [1.82, 2.24) is 0 Å². The molecule has 1 heteroatoms. The largest absolute Gasteiger partial charge is 0.113 e. The first-order chi connectivity index (χ1) is 7.60. The molecule has 3 rings (SSSR count). The van der Waals surface area contributed by atoms with Crippen LogP contribution in [0, 0.1) is 0 Å². The van der Waals surface area contributed by atoms with Gasteiger partial charge < -0.3 is 0 Å². The highest BCUT2D eigenvalue weighted by molar-refractivity contribution is 6.32. The zero-order chi connectivity index (χ0) is 11.3. The summed E-state index contributed by atoms with van der Waals surface area (Å²) in [6.45, 7) is 4.52. The van der Waals surface area contributed by atoms with Crippen molar-refractivity contribution in [2.75, 3.05) is 0 Å². The van der Waals surface area contributed by atoms with Crippen LogP contribution in [0.2, 0.25) is 0 Å². The summed E-state index contributed by atoms with van der Waals surface area (Å²) in [4.78, 5) is 0. The standard InChI is InChI=1S/C15H13B/c1-15(2)13-6-4-3-5-11(13)12-8-7-10(16)9-14(12)15/h3-9H,1-2H3. The van der Waals surface area contributed by atoms with Crippen LogP contribution >= 0.6 is 0 Å². The molecule has 0 saturated carbocycles. The lowest BCUT2D eigenvalue weighted by atomic mass is 9.80. The summed E-state index contributed by atoms with van der Waals surface area (Å²) in [7, 11) is 5.89. The average molecular weight is 204 g/mol. The first-order valence-electron chi connectivity index (χ1n) is 5.60. The van der Waals surface area contributed by atoms with E-state index >= 15 is 0 Å². The van der Waals surface area contributed by atoms with E-state index < -0.39 is 0 Å². The van der Waals surface area contributed by atoms with Crippen LogP contribution in [-0.2, 0) is 5.41 Å². The second kappa shape index (κ2) is 3.01. The van der Waals surface area contributed by atoms with Gasteiger partial charge >= 0.3 is 0 Å². The minimum Gasteiger partial charge on any atom is -0.0963 e. The van der Waals surface area contributed by atoms with Crippen LogP contribution in [0.3, 0.4) is 0 Å². The van der Waals surface area contributed by atoms with Crippen molar-refractivity contribution in [3.8, 4) is 11.1 Å². The van der Waals surface area contributed by atoms with Gasteiger partial charge in [-0.2, -0.15) is 0 Å². The van der Waals surface area contributed by atoms with Gasteiger partial charge in [0.05, 0.1) is 0 Å². The van der Waals surface area contributed by atoms with Gasteiger partial charge in [-0.1, -0.05) is 61.8 Å². The van der Waals surface area contributed by atoms with Gasteiger partial charge in [-0.3, -0.25) is 0 Å². The van der Waals surface area contributed by atoms with Gasteiger partial charge in [0.25, 0.3) is 0 Å². The molecule has 1 aliphatic rings. The van der Waals surface area contributed by atoms with Crippen molar-refractivity contribution in [2.45, 2.75) is 19.3 Å². The summed E-state index contributed by atoms with van der Waals surface area (Å²) in [5.74, 6) is 0. The van der Waals surface area contributed by atoms with Gasteiger partial charge in [0.1, 0.15) is 7.85 Å². The van der Waals surface area contributed by atoms with Crippen LogP contribution in [0.25, 0.3) is 11.1 Å². The molecule has 76 valence electrons. The van der Waals surface area contributed by atoms with Gasteiger partial charge in [-0.15, -0.1) is 0 Å². The Kier molecular flexibility index (Phi) is 1.82. The lowest BCUT2D eigenvalue weighted by Gasteiger charge is -2.21. The van der Waals surface area contributed by atoms with Crippen molar-refractivity contribution < 1.29 is 0 Å². The molecule has 0 N–H and O–H groups in total. The number of hydrogen-bond donors (Lipinski definition) is 0. The maximum atomic E-state index is 5.89. The van der Waals surface area contributed by atoms with E-state index in [0.717, 1.165) is 5.46 Å². The van der Waals surface area contributed by atoms with Gasteiger partial charge in [0.2, 0.25) is 0 Å². The fourth-order valence-electron chi connectivity index (χ4n) is 2.72. The number of benzene rings is 2. The van der Waals surface area contributed by atoms with Gasteiger partial charge in [0.15, 0.2) is 0 Å². The lowest BCUT2D eigenvalue weighted by molar-refractivity contribution is 0.661. The van der Waals surface area contributed by atoms with Crippen molar-refractivity contribution >= 4 is 13.3 Å². The highest BCUT2D eigenvalue weighted by Crippen LogP contribution is 2.47. The molecule has 0 nitrogen and oxygen atoms in total. The summed E-state index contributed by atoms with van der Waals surface area (Å²) in [6, 6.07) is 14.8. The second-order valence-corrected chi connectivity index (χ2v) is 4.98. The molecule has 0 spiro atoms. The molecule has 0 saturated heterocycles. The van der Waals surface area contributed by atoms with Crippen LogP contribution < -0.4 is 5.46 Å². The highest BCUT2D eigenvalue weighted by atomic mass is 14.4. The van der Waals surface area contributed by atoms with E-state index in [1.807, 2.05) is 6.07 Å². The predicted octanol–water partition coefficient (Wildman–Crippen LogP) is 2.79. The minimum atomic E-state index is 0.0707. The molecule has 0 amide bonds. The average Bonchev–Trinajstić information content (AvgIpc) is 2.49. The number of fused-ring (bicyclic) bond motifs is 3. The van der Waals surface area contributed by atoms with Crippen LogP contribution in [0.15, 0.2) is 42.5 Å². The third kappa shape index (κ3) is 1.12. The zero-order valence-electron chi connectivity index (χ0n) is 9.62. The lowest BCUT2D eigenvalue weighted by Crippen LogP contribution is -2.17. The van der Waals surface area contributed by atoms with Gasteiger partial charge in [-0.05, 0) is 22.3 Å². The molecule has 0 atom stereocenters. The Morgan fingerprint density at radius 1 is 0.875 bits per heavy atom. The third-order valence-corrected chi connectivity index (χ3v) is 3.61. The van der Waals surface area contributed by atoms with Crippen molar-refractivity contribution in [3.05, 3.63) is 53.6 Å². The summed E-state index contributed by atoms with van der Waals surface area (Å²) in [5, 5.41) is 0. The maximum absolute atomic E-state index is 5.89. The van der Waals surface area contributed by atoms with E-state index in [4.69, 9.17) is 7.85 Å². The fraction of sp³-hybridized carbons (Fsp3) is 0.200. The van der Waals surface area contributed by atoms with Gasteiger partial charge in [-0.25, -0.2) is 0 Å². The SMILES string of the molecule is [B]c1ccc2c(c1)C(C)(C)c1ccccc1-2. The van der Waals surface area contributed by atoms with Crippen LogP contribution in [0.1, 0.15) is 25.0 Å². The second-order valence-electron chi connectivity index (χ2n) is 4.98. The molecular formula is C15H13B. The molecule has 16 heavy (non-hydrogen) atoms. The molecular weight excluding hydrogens is 191 g/mol.